The van der Waals surface area contributed by atoms with E-state index in [1.54, 1.807) is 17.1 Å². The van der Waals surface area contributed by atoms with Crippen molar-refractivity contribution in [1.82, 2.24) is 29.9 Å². The van der Waals surface area contributed by atoms with Gasteiger partial charge in [0.05, 0.1) is 35.6 Å². The molecular weight excluding hydrogens is 488 g/mol. The maximum Gasteiger partial charge on any atom is 0.337 e. The molecule has 5 rings (SSSR count). The number of hydrogen-bond donors (Lipinski definition) is 0. The Kier molecular flexibility index (Phi) is 7.09. The molecule has 1 amide bonds. The van der Waals surface area contributed by atoms with Gasteiger partial charge in [-0.05, 0) is 38.0 Å². The lowest BCUT2D eigenvalue weighted by atomic mass is 9.98. The van der Waals surface area contributed by atoms with E-state index in [1.165, 1.54) is 18.4 Å². The van der Waals surface area contributed by atoms with Gasteiger partial charge < -0.3 is 9.64 Å². The van der Waals surface area contributed by atoms with Crippen LogP contribution >= 0.6 is 11.3 Å². The van der Waals surface area contributed by atoms with Crippen molar-refractivity contribution in [2.75, 3.05) is 20.2 Å². The maximum atomic E-state index is 12.9. The minimum Gasteiger partial charge on any atom is -0.465 e. The molecule has 1 aliphatic heterocycles. The number of amides is 1. The molecule has 0 atom stereocenters. The molecule has 1 aromatic carbocycles. The number of aromatic nitrogens is 5. The van der Waals surface area contributed by atoms with Gasteiger partial charge in [-0.2, -0.15) is 0 Å². The van der Waals surface area contributed by atoms with Gasteiger partial charge in [0.1, 0.15) is 5.01 Å². The summed E-state index contributed by atoms with van der Waals surface area (Å²) in [5, 5.41) is 8.58. The van der Waals surface area contributed by atoms with Crippen LogP contribution in [0.4, 0.5) is 0 Å². The van der Waals surface area contributed by atoms with Gasteiger partial charge in [-0.15, -0.1) is 16.4 Å². The largest absolute Gasteiger partial charge is 0.465 e. The zero-order valence-corrected chi connectivity index (χ0v) is 21.9. The van der Waals surface area contributed by atoms with Crippen molar-refractivity contribution in [3.05, 3.63) is 64.7 Å². The second-order valence-corrected chi connectivity index (χ2v) is 9.96. The summed E-state index contributed by atoms with van der Waals surface area (Å²) in [4.78, 5) is 37.0. The molecule has 0 spiro atoms. The molecule has 10 heteroatoms. The molecule has 4 aromatic rings. The van der Waals surface area contributed by atoms with Crippen molar-refractivity contribution in [1.29, 1.82) is 0 Å². The summed E-state index contributed by atoms with van der Waals surface area (Å²) in [5.74, 6) is -0.313. The molecule has 0 unspecified atom stereocenters. The van der Waals surface area contributed by atoms with Crippen LogP contribution in [0.5, 0.6) is 0 Å². The maximum absolute atomic E-state index is 12.9. The predicted molar refractivity (Wildman–Crippen MR) is 142 cm³/mol. The van der Waals surface area contributed by atoms with Crippen LogP contribution in [0.2, 0.25) is 0 Å². The second-order valence-electron chi connectivity index (χ2n) is 8.93. The average molecular weight is 517 g/mol. The molecule has 0 N–H and O–H groups in total. The zero-order valence-electron chi connectivity index (χ0n) is 21.1. The van der Waals surface area contributed by atoms with E-state index in [1.807, 2.05) is 36.1 Å². The van der Waals surface area contributed by atoms with Crippen LogP contribution in [0.1, 0.15) is 46.5 Å². The van der Waals surface area contributed by atoms with Gasteiger partial charge in [0.25, 0.3) is 0 Å². The predicted octanol–water partition coefficient (Wildman–Crippen LogP) is 4.31. The molecule has 0 saturated carbocycles. The number of ether oxygens (including phenoxy) is 1. The van der Waals surface area contributed by atoms with E-state index >= 15 is 0 Å². The highest BCUT2D eigenvalue weighted by molar-refractivity contribution is 7.19. The molecule has 3 aromatic heterocycles. The quantitative estimate of drug-likeness (QED) is 0.337. The lowest BCUT2D eigenvalue weighted by Crippen LogP contribution is -2.35. The Labute approximate surface area is 218 Å². The van der Waals surface area contributed by atoms with E-state index in [9.17, 15) is 9.59 Å². The minimum absolute atomic E-state index is 0.0780. The summed E-state index contributed by atoms with van der Waals surface area (Å²) in [6.45, 7) is 5.72. The highest BCUT2D eigenvalue weighted by atomic mass is 32.1. The van der Waals surface area contributed by atoms with Crippen molar-refractivity contribution >= 4 is 39.0 Å². The number of fused-ring (bicyclic) bond motifs is 1. The first-order valence-electron chi connectivity index (χ1n) is 12.3. The van der Waals surface area contributed by atoms with Crippen molar-refractivity contribution in [3.8, 4) is 11.1 Å². The summed E-state index contributed by atoms with van der Waals surface area (Å²) >= 11 is 1.53. The number of nitrogens with zero attached hydrogens (tertiary/aromatic N) is 6. The molecule has 37 heavy (non-hydrogen) atoms. The smallest absolute Gasteiger partial charge is 0.337 e. The highest BCUT2D eigenvalue weighted by Gasteiger charge is 2.23. The SMILES string of the molecule is CCc1nc(C)ccc1-c1cc(C(=O)OC)cc2sc(C3=CCCN(C(=O)CCn4ccnn4)C3)nc12. The number of methoxy groups -OCH3 is 1. The Morgan fingerprint density at radius 3 is 2.78 bits per heavy atom. The monoisotopic (exact) mass is 516 g/mol. The van der Waals surface area contributed by atoms with Crippen LogP contribution in [0.25, 0.3) is 26.9 Å². The fourth-order valence-corrected chi connectivity index (χ4v) is 5.63. The van der Waals surface area contributed by atoms with Gasteiger partial charge in [-0.25, -0.2) is 9.78 Å². The van der Waals surface area contributed by atoms with Crippen molar-refractivity contribution < 1.29 is 14.3 Å². The van der Waals surface area contributed by atoms with Gasteiger partial charge in [0.15, 0.2) is 0 Å². The lowest BCUT2D eigenvalue weighted by Gasteiger charge is -2.26. The van der Waals surface area contributed by atoms with Crippen LogP contribution in [-0.4, -0.2) is 61.9 Å². The fourth-order valence-electron chi connectivity index (χ4n) is 4.57. The van der Waals surface area contributed by atoms with Gasteiger partial charge in [-0.3, -0.25) is 14.5 Å². The van der Waals surface area contributed by atoms with E-state index in [0.717, 1.165) is 56.2 Å². The first kappa shape index (κ1) is 24.8. The van der Waals surface area contributed by atoms with Crippen LogP contribution in [0, 0.1) is 6.92 Å². The summed E-state index contributed by atoms with van der Waals surface area (Å²) in [6, 6.07) is 7.71. The molecule has 4 heterocycles. The zero-order chi connectivity index (χ0) is 25.9. The van der Waals surface area contributed by atoms with Crippen molar-refractivity contribution in [3.63, 3.8) is 0 Å². The van der Waals surface area contributed by atoms with E-state index in [2.05, 4.69) is 23.3 Å². The molecule has 190 valence electrons. The molecule has 0 saturated heterocycles. The summed E-state index contributed by atoms with van der Waals surface area (Å²) in [7, 11) is 1.39. The molecule has 1 aliphatic rings. The Hall–Kier alpha value is -3.92. The summed E-state index contributed by atoms with van der Waals surface area (Å²) < 4.78 is 7.59. The van der Waals surface area contributed by atoms with E-state index in [-0.39, 0.29) is 5.91 Å². The number of aryl methyl sites for hydroxylation is 3. The number of rotatable bonds is 7. The van der Waals surface area contributed by atoms with Crippen LogP contribution < -0.4 is 0 Å². The first-order chi connectivity index (χ1) is 18.0. The molecule has 0 bridgehead atoms. The third-order valence-corrected chi connectivity index (χ3v) is 7.54. The van der Waals surface area contributed by atoms with E-state index < -0.39 is 5.97 Å². The fraction of sp³-hybridized carbons (Fsp3) is 0.333. The van der Waals surface area contributed by atoms with E-state index in [0.29, 0.717) is 31.6 Å². The Morgan fingerprint density at radius 2 is 2.03 bits per heavy atom. The minimum atomic E-state index is -0.391. The number of carbonyl (C=O) groups is 2. The van der Waals surface area contributed by atoms with E-state index in [4.69, 9.17) is 14.7 Å². The highest BCUT2D eigenvalue weighted by Crippen LogP contribution is 2.37. The number of thiazole rings is 1. The summed E-state index contributed by atoms with van der Waals surface area (Å²) in [6.07, 6.45) is 7.41. The standard InChI is InChI=1S/C27H28N6O3S/c1-4-22-20(8-7-17(2)29-22)21-14-19(27(35)36-3)15-23-25(21)30-26(37-23)18-6-5-11-32(16-18)24(34)9-12-33-13-10-28-31-33/h6-8,10,13-15H,4-5,9,11-12,16H2,1-3H3. The number of pyridine rings is 1. The van der Waals surface area contributed by atoms with Gasteiger partial charge in [0.2, 0.25) is 5.91 Å². The summed E-state index contributed by atoms with van der Waals surface area (Å²) in [5.41, 5.74) is 6.05. The van der Waals surface area contributed by atoms with Crippen LogP contribution in [-0.2, 0) is 22.5 Å². The van der Waals surface area contributed by atoms with Crippen molar-refractivity contribution in [2.24, 2.45) is 0 Å². The second kappa shape index (κ2) is 10.6. The number of carbonyl (C=O) groups excluding carboxylic acids is 2. The number of benzene rings is 1. The van der Waals surface area contributed by atoms with Gasteiger partial charge >= 0.3 is 5.97 Å². The lowest BCUT2D eigenvalue weighted by molar-refractivity contribution is -0.131. The third-order valence-electron chi connectivity index (χ3n) is 6.46. The van der Waals surface area contributed by atoms with Gasteiger partial charge in [-0.1, -0.05) is 24.3 Å². The first-order valence-corrected chi connectivity index (χ1v) is 13.1. The molecule has 0 radical (unpaired) electrons. The molecular formula is C27H28N6O3S. The van der Waals surface area contributed by atoms with Crippen LogP contribution in [0.15, 0.2) is 42.7 Å². The van der Waals surface area contributed by atoms with Crippen molar-refractivity contribution in [2.45, 2.75) is 39.7 Å². The molecule has 0 fully saturated rings. The topological polar surface area (TPSA) is 103 Å². The average Bonchev–Trinajstić information content (AvgIpc) is 3.61. The normalized spacial score (nSPS) is 13.6. The van der Waals surface area contributed by atoms with Gasteiger partial charge in [0, 0.05) is 53.8 Å². The van der Waals surface area contributed by atoms with Crippen LogP contribution in [0.3, 0.4) is 0 Å². The Balaban J connectivity index is 1.49. The number of hydrogen-bond acceptors (Lipinski definition) is 8. The molecule has 9 nitrogen and oxygen atoms in total. The Bertz CT molecular complexity index is 1490. The molecule has 0 aliphatic carbocycles. The third kappa shape index (κ3) is 5.15. The number of esters is 1. The Morgan fingerprint density at radius 1 is 1.16 bits per heavy atom.